The zero-order valence-corrected chi connectivity index (χ0v) is 13.1. The molecule has 0 aliphatic carbocycles. The number of amides is 1. The van der Waals surface area contributed by atoms with Gasteiger partial charge in [-0.25, -0.2) is 4.98 Å². The van der Waals surface area contributed by atoms with Gasteiger partial charge in [-0.15, -0.1) is 0 Å². The average molecular weight is 323 g/mol. The second kappa shape index (κ2) is 7.00. The molecule has 0 aliphatic heterocycles. The molecule has 0 saturated heterocycles. The van der Waals surface area contributed by atoms with Crippen LogP contribution in [0.15, 0.2) is 30.5 Å². The monoisotopic (exact) mass is 322 g/mol. The maximum atomic E-state index is 12.2. The summed E-state index contributed by atoms with van der Waals surface area (Å²) in [6.07, 6.45) is 1.40. The third-order valence-corrected chi connectivity index (χ3v) is 3.14. The van der Waals surface area contributed by atoms with E-state index >= 15 is 0 Å². The third kappa shape index (κ3) is 3.40. The van der Waals surface area contributed by atoms with Gasteiger partial charge in [0.25, 0.3) is 5.91 Å². The molecule has 0 radical (unpaired) electrons. The lowest BCUT2D eigenvalue weighted by Gasteiger charge is -2.14. The number of nitrogens with one attached hydrogen (secondary N) is 1. The number of carbonyl (C=O) groups is 1. The maximum absolute atomic E-state index is 12.2. The molecule has 0 saturated carbocycles. The first-order valence-corrected chi connectivity index (χ1v) is 6.69. The number of nitrogens with zero attached hydrogens (tertiary/aromatic N) is 1. The number of anilines is 1. The van der Waals surface area contributed by atoms with Crippen molar-refractivity contribution in [1.29, 1.82) is 0 Å². The topological polar surface area (TPSA) is 69.7 Å². The number of halogens is 1. The summed E-state index contributed by atoms with van der Waals surface area (Å²) in [5.41, 5.74) is 0.896. The van der Waals surface area contributed by atoms with Gasteiger partial charge in [0.2, 0.25) is 5.75 Å². The number of pyridine rings is 1. The van der Waals surface area contributed by atoms with Crippen LogP contribution in [0.4, 0.5) is 5.69 Å². The second-order valence-corrected chi connectivity index (χ2v) is 4.62. The number of methoxy groups -OCH3 is 3. The normalized spacial score (nSPS) is 10.0. The average Bonchev–Trinajstić information content (AvgIpc) is 2.54. The van der Waals surface area contributed by atoms with Gasteiger partial charge in [-0.1, -0.05) is 11.6 Å². The molecule has 1 heterocycles. The largest absolute Gasteiger partial charge is 0.493 e. The Labute approximate surface area is 133 Å². The van der Waals surface area contributed by atoms with E-state index in [1.54, 1.807) is 24.3 Å². The second-order valence-electron chi connectivity index (χ2n) is 4.24. The van der Waals surface area contributed by atoms with Gasteiger partial charge >= 0.3 is 0 Å². The molecule has 22 heavy (non-hydrogen) atoms. The van der Waals surface area contributed by atoms with E-state index in [0.717, 1.165) is 0 Å². The molecule has 0 bridgehead atoms. The summed E-state index contributed by atoms with van der Waals surface area (Å²) in [6.45, 7) is 0. The molecule has 6 nitrogen and oxygen atoms in total. The van der Waals surface area contributed by atoms with Crippen LogP contribution in [-0.4, -0.2) is 32.2 Å². The third-order valence-electron chi connectivity index (χ3n) is 2.91. The van der Waals surface area contributed by atoms with Crippen molar-refractivity contribution in [2.24, 2.45) is 0 Å². The fourth-order valence-corrected chi connectivity index (χ4v) is 1.98. The Morgan fingerprint density at radius 2 is 1.73 bits per heavy atom. The fourth-order valence-electron chi connectivity index (χ4n) is 1.87. The Hall–Kier alpha value is -2.47. The number of rotatable bonds is 5. The van der Waals surface area contributed by atoms with Crippen molar-refractivity contribution in [2.45, 2.75) is 0 Å². The summed E-state index contributed by atoms with van der Waals surface area (Å²) < 4.78 is 15.7. The lowest BCUT2D eigenvalue weighted by molar-refractivity contribution is 0.102. The quantitative estimate of drug-likeness (QED) is 0.857. The summed E-state index contributed by atoms with van der Waals surface area (Å²) >= 11 is 5.70. The van der Waals surface area contributed by atoms with Gasteiger partial charge < -0.3 is 19.5 Å². The lowest BCUT2D eigenvalue weighted by Crippen LogP contribution is -2.12. The van der Waals surface area contributed by atoms with Crippen molar-refractivity contribution >= 4 is 23.2 Å². The van der Waals surface area contributed by atoms with Gasteiger partial charge in [0, 0.05) is 24.0 Å². The number of carbonyl (C=O) groups excluding carboxylic acids is 1. The van der Waals surface area contributed by atoms with Crippen LogP contribution >= 0.6 is 11.6 Å². The van der Waals surface area contributed by atoms with Gasteiger partial charge in [0.05, 0.1) is 26.9 Å². The Morgan fingerprint density at radius 1 is 1.09 bits per heavy atom. The molecular formula is C15H15ClN2O4. The highest BCUT2D eigenvalue weighted by molar-refractivity contribution is 6.29. The minimum atomic E-state index is -0.321. The van der Waals surface area contributed by atoms with Crippen molar-refractivity contribution in [3.8, 4) is 17.2 Å². The lowest BCUT2D eigenvalue weighted by atomic mass is 10.2. The zero-order valence-electron chi connectivity index (χ0n) is 12.3. The highest BCUT2D eigenvalue weighted by Gasteiger charge is 2.15. The molecular weight excluding hydrogens is 308 g/mol. The van der Waals surface area contributed by atoms with Crippen molar-refractivity contribution in [3.63, 3.8) is 0 Å². The first kappa shape index (κ1) is 15.9. The van der Waals surface area contributed by atoms with E-state index in [0.29, 0.717) is 33.7 Å². The number of hydrogen-bond acceptors (Lipinski definition) is 5. The molecule has 1 N–H and O–H groups in total. The standard InChI is InChI=1S/C15H15ClN2O4/c1-20-11-6-10(7-12(21-2)14(11)22-3)18-15(19)9-4-5-13(16)17-8-9/h4-8H,1-3H3,(H,18,19). The van der Waals surface area contributed by atoms with Crippen LogP contribution in [0.1, 0.15) is 10.4 Å². The van der Waals surface area contributed by atoms with Crippen LogP contribution in [0.25, 0.3) is 0 Å². The number of hydrogen-bond donors (Lipinski definition) is 1. The first-order chi connectivity index (χ1) is 10.6. The molecule has 0 spiro atoms. The molecule has 0 fully saturated rings. The van der Waals surface area contributed by atoms with Gasteiger partial charge in [0.15, 0.2) is 11.5 Å². The van der Waals surface area contributed by atoms with Crippen molar-refractivity contribution in [1.82, 2.24) is 4.98 Å². The summed E-state index contributed by atoms with van der Waals surface area (Å²) in [6, 6.07) is 6.42. The predicted molar refractivity (Wildman–Crippen MR) is 83.3 cm³/mol. The Morgan fingerprint density at radius 3 is 2.18 bits per heavy atom. The van der Waals surface area contributed by atoms with Gasteiger partial charge in [-0.3, -0.25) is 4.79 Å². The number of ether oxygens (including phenoxy) is 3. The van der Waals surface area contributed by atoms with Crippen LogP contribution in [0, 0.1) is 0 Å². The van der Waals surface area contributed by atoms with Crippen molar-refractivity contribution < 1.29 is 19.0 Å². The van der Waals surface area contributed by atoms with Gasteiger partial charge in [0.1, 0.15) is 5.15 Å². The molecule has 0 unspecified atom stereocenters. The molecule has 1 aromatic carbocycles. The molecule has 1 amide bonds. The van der Waals surface area contributed by atoms with E-state index < -0.39 is 0 Å². The molecule has 2 aromatic rings. The summed E-state index contributed by atoms with van der Waals surface area (Å²) in [4.78, 5) is 16.0. The van der Waals surface area contributed by atoms with Gasteiger partial charge in [-0.2, -0.15) is 0 Å². The highest BCUT2D eigenvalue weighted by Crippen LogP contribution is 2.39. The molecule has 116 valence electrons. The van der Waals surface area contributed by atoms with Crippen LogP contribution in [0.2, 0.25) is 5.15 Å². The van der Waals surface area contributed by atoms with Crippen LogP contribution < -0.4 is 19.5 Å². The van der Waals surface area contributed by atoms with E-state index in [2.05, 4.69) is 10.3 Å². The Bertz CT molecular complexity index is 649. The van der Waals surface area contributed by atoms with Crippen molar-refractivity contribution in [3.05, 3.63) is 41.2 Å². The highest BCUT2D eigenvalue weighted by atomic mass is 35.5. The van der Waals surface area contributed by atoms with E-state index in [1.165, 1.54) is 27.5 Å². The number of aromatic nitrogens is 1. The molecule has 7 heteroatoms. The van der Waals surface area contributed by atoms with Crippen molar-refractivity contribution in [2.75, 3.05) is 26.6 Å². The van der Waals surface area contributed by atoms with E-state index in [1.807, 2.05) is 0 Å². The minimum absolute atomic E-state index is 0.321. The van der Waals surface area contributed by atoms with E-state index in [9.17, 15) is 4.79 Å². The Balaban J connectivity index is 2.29. The fraction of sp³-hybridized carbons (Fsp3) is 0.200. The number of benzene rings is 1. The maximum Gasteiger partial charge on any atom is 0.257 e. The Kier molecular flexibility index (Phi) is 5.06. The first-order valence-electron chi connectivity index (χ1n) is 6.32. The summed E-state index contributed by atoms with van der Waals surface area (Å²) in [5, 5.41) is 3.06. The predicted octanol–water partition coefficient (Wildman–Crippen LogP) is 3.01. The summed E-state index contributed by atoms with van der Waals surface area (Å²) in [7, 11) is 4.52. The van der Waals surface area contributed by atoms with E-state index in [4.69, 9.17) is 25.8 Å². The van der Waals surface area contributed by atoms with Crippen LogP contribution in [0.3, 0.4) is 0 Å². The minimum Gasteiger partial charge on any atom is -0.493 e. The van der Waals surface area contributed by atoms with Crippen LogP contribution in [-0.2, 0) is 0 Å². The molecule has 1 aromatic heterocycles. The molecule has 0 aliphatic rings. The van der Waals surface area contributed by atoms with Crippen LogP contribution in [0.5, 0.6) is 17.2 Å². The zero-order chi connectivity index (χ0) is 16.1. The summed E-state index contributed by atoms with van der Waals surface area (Å²) in [5.74, 6) is 1.03. The van der Waals surface area contributed by atoms with E-state index in [-0.39, 0.29) is 5.91 Å². The molecule has 0 atom stereocenters. The van der Waals surface area contributed by atoms with Gasteiger partial charge in [-0.05, 0) is 12.1 Å². The molecule has 2 rings (SSSR count). The smallest absolute Gasteiger partial charge is 0.257 e. The SMILES string of the molecule is COc1cc(NC(=O)c2ccc(Cl)nc2)cc(OC)c1OC.